The van der Waals surface area contributed by atoms with E-state index in [0.717, 1.165) is 10.6 Å². The van der Waals surface area contributed by atoms with Gasteiger partial charge in [-0.05, 0) is 24.5 Å². The fourth-order valence-corrected chi connectivity index (χ4v) is 5.57. The Kier molecular flexibility index (Phi) is 9.48. The Labute approximate surface area is 236 Å². The number of halogens is 2. The SMILES string of the molecule is COCn1nc(C(=O)N2C[C@@H](F)C[C@H]2C(=O)N(C)OC)c(Cc2ccccc2Cl)c1N1CCC[C@@H](NC(=O)O)C1. The summed E-state index contributed by atoms with van der Waals surface area (Å²) in [6.07, 6.45) is -1.07. The van der Waals surface area contributed by atoms with Crippen LogP contribution in [-0.4, -0.2) is 102 Å². The van der Waals surface area contributed by atoms with Crippen molar-refractivity contribution in [2.75, 3.05) is 45.8 Å². The lowest BCUT2D eigenvalue weighted by Gasteiger charge is -2.35. The van der Waals surface area contributed by atoms with Crippen LogP contribution in [0.4, 0.5) is 15.0 Å². The zero-order chi connectivity index (χ0) is 29.0. The second kappa shape index (κ2) is 12.8. The number of benzene rings is 1. The summed E-state index contributed by atoms with van der Waals surface area (Å²) < 4.78 is 21.6. The van der Waals surface area contributed by atoms with Gasteiger partial charge in [0, 0.05) is 56.7 Å². The van der Waals surface area contributed by atoms with Crippen molar-refractivity contribution >= 4 is 35.3 Å². The maximum Gasteiger partial charge on any atom is 0.404 e. The van der Waals surface area contributed by atoms with Gasteiger partial charge in [0.05, 0.1) is 13.7 Å². The highest BCUT2D eigenvalue weighted by atomic mass is 35.5. The molecule has 2 N–H and O–H groups in total. The summed E-state index contributed by atoms with van der Waals surface area (Å²) in [5, 5.41) is 17.9. The number of aromatic nitrogens is 2. The molecule has 3 atom stereocenters. The van der Waals surface area contributed by atoms with Crippen LogP contribution in [-0.2, 0) is 27.5 Å². The molecule has 0 aliphatic carbocycles. The number of nitrogens with one attached hydrogen (secondary N) is 1. The minimum Gasteiger partial charge on any atom is -0.465 e. The molecule has 40 heavy (non-hydrogen) atoms. The molecule has 2 aliphatic rings. The van der Waals surface area contributed by atoms with E-state index in [2.05, 4.69) is 10.4 Å². The van der Waals surface area contributed by atoms with Crippen LogP contribution in [0.3, 0.4) is 0 Å². The highest BCUT2D eigenvalue weighted by Gasteiger charge is 2.43. The molecule has 218 valence electrons. The van der Waals surface area contributed by atoms with E-state index in [1.807, 2.05) is 17.0 Å². The summed E-state index contributed by atoms with van der Waals surface area (Å²) in [5.41, 5.74) is 1.32. The monoisotopic (exact) mass is 580 g/mol. The van der Waals surface area contributed by atoms with E-state index in [1.54, 1.807) is 16.8 Å². The van der Waals surface area contributed by atoms with E-state index in [9.17, 15) is 23.9 Å². The van der Waals surface area contributed by atoms with Gasteiger partial charge >= 0.3 is 6.09 Å². The van der Waals surface area contributed by atoms with E-state index >= 15 is 0 Å². The first kappa shape index (κ1) is 29.6. The van der Waals surface area contributed by atoms with Crippen LogP contribution in [0.2, 0.25) is 5.02 Å². The lowest BCUT2D eigenvalue weighted by Crippen LogP contribution is -2.48. The van der Waals surface area contributed by atoms with E-state index in [0.29, 0.717) is 42.3 Å². The minimum atomic E-state index is -1.39. The number of alkyl halides is 1. The summed E-state index contributed by atoms with van der Waals surface area (Å²) in [4.78, 5) is 46.5. The van der Waals surface area contributed by atoms with E-state index in [-0.39, 0.29) is 37.9 Å². The molecule has 2 fully saturated rings. The molecule has 4 rings (SSSR count). The van der Waals surface area contributed by atoms with Crippen molar-refractivity contribution < 1.29 is 33.5 Å². The zero-order valence-corrected chi connectivity index (χ0v) is 23.4. The highest BCUT2D eigenvalue weighted by molar-refractivity contribution is 6.31. The molecule has 2 saturated heterocycles. The number of likely N-dealkylation sites (N-methyl/N-ethyl adjacent to an activating group) is 1. The zero-order valence-electron chi connectivity index (χ0n) is 22.7. The largest absolute Gasteiger partial charge is 0.465 e. The fourth-order valence-electron chi connectivity index (χ4n) is 5.36. The number of hydrogen-bond donors (Lipinski definition) is 2. The smallest absolute Gasteiger partial charge is 0.404 e. The van der Waals surface area contributed by atoms with Crippen LogP contribution in [0, 0.1) is 0 Å². The van der Waals surface area contributed by atoms with E-state index in [1.165, 1.54) is 26.2 Å². The number of carboxylic acid groups (broad SMARTS) is 1. The third-order valence-electron chi connectivity index (χ3n) is 7.23. The number of hydrogen-bond acceptors (Lipinski definition) is 7. The maximum absolute atomic E-state index is 14.6. The average molecular weight is 581 g/mol. The summed E-state index contributed by atoms with van der Waals surface area (Å²) >= 11 is 6.50. The first-order valence-electron chi connectivity index (χ1n) is 13.0. The molecule has 0 unspecified atom stereocenters. The number of nitrogens with zero attached hydrogens (tertiary/aromatic N) is 5. The molecule has 0 saturated carbocycles. The molecular weight excluding hydrogens is 547 g/mol. The second-order valence-electron chi connectivity index (χ2n) is 9.90. The topological polar surface area (TPSA) is 129 Å². The van der Waals surface area contributed by atoms with Gasteiger partial charge in [-0.15, -0.1) is 0 Å². The van der Waals surface area contributed by atoms with Crippen molar-refractivity contribution in [1.29, 1.82) is 0 Å². The number of ether oxygens (including phenoxy) is 1. The fraction of sp³-hybridized carbons (Fsp3) is 0.538. The number of piperidine rings is 1. The van der Waals surface area contributed by atoms with Crippen LogP contribution in [0.15, 0.2) is 24.3 Å². The van der Waals surface area contributed by atoms with Gasteiger partial charge in [0.1, 0.15) is 24.8 Å². The number of likely N-dealkylation sites (tertiary alicyclic amines) is 1. The Balaban J connectivity index is 1.80. The summed E-state index contributed by atoms with van der Waals surface area (Å²) in [7, 11) is 4.22. The number of amides is 3. The third kappa shape index (κ3) is 6.31. The first-order chi connectivity index (χ1) is 19.1. The van der Waals surface area contributed by atoms with Gasteiger partial charge in [0.2, 0.25) is 0 Å². The maximum atomic E-state index is 14.6. The highest BCUT2D eigenvalue weighted by Crippen LogP contribution is 2.34. The quantitative estimate of drug-likeness (QED) is 0.433. The molecule has 0 spiro atoms. The molecular formula is C26H34ClFN6O6. The normalized spacial score (nSPS) is 21.0. The van der Waals surface area contributed by atoms with Crippen molar-refractivity contribution in [2.45, 2.75) is 50.7 Å². The number of anilines is 1. The summed E-state index contributed by atoms with van der Waals surface area (Å²) in [5.74, 6) is -0.563. The standard InChI is InChI=1S/C26H34ClFN6O6/c1-31(40-3)24(35)21-12-17(28)13-33(21)25(36)22-19(11-16-7-4-5-9-20(16)27)23(34(30-22)15-39-2)32-10-6-8-18(14-32)29-26(37)38/h4-5,7,9,17-18,21,29H,6,8,10-15H2,1-3H3,(H,37,38)/t17-,18+,21-/m0/s1. The number of hydroxylamine groups is 2. The van der Waals surface area contributed by atoms with Crippen LogP contribution in [0.5, 0.6) is 0 Å². The van der Waals surface area contributed by atoms with Crippen molar-refractivity contribution in [1.82, 2.24) is 25.1 Å². The molecule has 1 aromatic heterocycles. The molecule has 2 aliphatic heterocycles. The van der Waals surface area contributed by atoms with Crippen molar-refractivity contribution in [2.24, 2.45) is 0 Å². The van der Waals surface area contributed by atoms with Crippen LogP contribution in [0.25, 0.3) is 0 Å². The number of rotatable bonds is 9. The van der Waals surface area contributed by atoms with Crippen LogP contribution in [0.1, 0.15) is 40.9 Å². The van der Waals surface area contributed by atoms with Crippen molar-refractivity contribution in [3.63, 3.8) is 0 Å². The lowest BCUT2D eigenvalue weighted by molar-refractivity contribution is -0.172. The molecule has 0 bridgehead atoms. The third-order valence-corrected chi connectivity index (χ3v) is 7.60. The van der Waals surface area contributed by atoms with Crippen molar-refractivity contribution in [3.8, 4) is 0 Å². The molecule has 0 radical (unpaired) electrons. The summed E-state index contributed by atoms with van der Waals surface area (Å²) in [6, 6.07) is 5.83. The molecule has 1 aromatic carbocycles. The first-order valence-corrected chi connectivity index (χ1v) is 13.4. The van der Waals surface area contributed by atoms with Gasteiger partial charge in [-0.3, -0.25) is 14.4 Å². The predicted molar refractivity (Wildman–Crippen MR) is 144 cm³/mol. The Morgan fingerprint density at radius 2 is 2.00 bits per heavy atom. The van der Waals surface area contributed by atoms with Gasteiger partial charge in [0.15, 0.2) is 5.69 Å². The van der Waals surface area contributed by atoms with Crippen LogP contribution < -0.4 is 10.2 Å². The molecule has 12 nitrogen and oxygen atoms in total. The van der Waals surface area contributed by atoms with Crippen molar-refractivity contribution in [3.05, 3.63) is 46.1 Å². The molecule has 14 heteroatoms. The van der Waals surface area contributed by atoms with E-state index < -0.39 is 30.1 Å². The number of methoxy groups -OCH3 is 1. The van der Waals surface area contributed by atoms with Gasteiger partial charge in [0.25, 0.3) is 11.8 Å². The lowest BCUT2D eigenvalue weighted by atomic mass is 10.0. The Morgan fingerprint density at radius 1 is 1.25 bits per heavy atom. The number of carbonyl (C=O) groups excluding carboxylic acids is 2. The Morgan fingerprint density at radius 3 is 2.67 bits per heavy atom. The van der Waals surface area contributed by atoms with Crippen LogP contribution >= 0.6 is 11.6 Å². The van der Waals surface area contributed by atoms with E-state index in [4.69, 9.17) is 21.2 Å². The average Bonchev–Trinajstić information content (AvgIpc) is 3.49. The molecule has 3 amide bonds. The summed E-state index contributed by atoms with van der Waals surface area (Å²) in [6.45, 7) is 0.679. The van der Waals surface area contributed by atoms with Gasteiger partial charge < -0.3 is 25.0 Å². The molecule has 2 aromatic rings. The Bertz CT molecular complexity index is 1240. The Hall–Kier alpha value is -3.42. The predicted octanol–water partition coefficient (Wildman–Crippen LogP) is 2.54. The van der Waals surface area contributed by atoms with Gasteiger partial charge in [-0.1, -0.05) is 29.8 Å². The second-order valence-corrected chi connectivity index (χ2v) is 10.3. The molecule has 3 heterocycles. The minimum absolute atomic E-state index is 0.00612. The van der Waals surface area contributed by atoms with Gasteiger partial charge in [-0.2, -0.15) is 5.10 Å². The number of carbonyl (C=O) groups is 3. The van der Waals surface area contributed by atoms with Gasteiger partial charge in [-0.25, -0.2) is 18.9 Å².